The minimum absolute atomic E-state index is 0.419. The van der Waals surface area contributed by atoms with Gasteiger partial charge in [0, 0.05) is 42.1 Å². The standard InChI is InChI=1S/C23H24ClN3/c24-22-9-2-1-7-18(22)15-20-12-11-19(16-26-20)23-10-4-6-14-27(23)17-21-8-3-5-13-25-21/h1-3,5,7-9,11-13,16,23H,4,6,10,14-15,17H2/t23-/m1/s1. The molecular formula is C23H24ClN3. The van der Waals surface area contributed by atoms with Gasteiger partial charge in [0.25, 0.3) is 0 Å². The minimum Gasteiger partial charge on any atom is -0.290 e. The second-order valence-electron chi connectivity index (χ2n) is 7.15. The first-order chi connectivity index (χ1) is 13.3. The number of halogens is 1. The third-order valence-corrected chi connectivity index (χ3v) is 5.64. The molecule has 0 amide bonds. The lowest BCUT2D eigenvalue weighted by molar-refractivity contribution is 0.138. The molecule has 3 nitrogen and oxygen atoms in total. The van der Waals surface area contributed by atoms with Gasteiger partial charge in [-0.15, -0.1) is 0 Å². The van der Waals surface area contributed by atoms with E-state index in [1.54, 1.807) is 0 Å². The van der Waals surface area contributed by atoms with Crippen molar-refractivity contribution in [1.29, 1.82) is 0 Å². The highest BCUT2D eigenvalue weighted by Gasteiger charge is 2.24. The van der Waals surface area contributed by atoms with E-state index in [1.807, 2.05) is 36.7 Å². The van der Waals surface area contributed by atoms with E-state index >= 15 is 0 Å². The molecule has 0 N–H and O–H groups in total. The predicted octanol–water partition coefficient (Wildman–Crippen LogP) is 5.45. The molecular weight excluding hydrogens is 354 g/mol. The lowest BCUT2D eigenvalue weighted by atomic mass is 9.95. The molecule has 3 heterocycles. The molecule has 0 aliphatic carbocycles. The second-order valence-corrected chi connectivity index (χ2v) is 7.56. The van der Waals surface area contributed by atoms with Crippen LogP contribution < -0.4 is 0 Å². The van der Waals surface area contributed by atoms with Crippen LogP contribution in [0.5, 0.6) is 0 Å². The number of hydrogen-bond donors (Lipinski definition) is 0. The Hall–Kier alpha value is -2.23. The summed E-state index contributed by atoms with van der Waals surface area (Å²) in [5.41, 5.74) is 4.61. The van der Waals surface area contributed by atoms with Gasteiger partial charge in [-0.05, 0) is 54.8 Å². The molecule has 4 heteroatoms. The third kappa shape index (κ3) is 4.55. The van der Waals surface area contributed by atoms with E-state index in [9.17, 15) is 0 Å². The number of rotatable bonds is 5. The fraction of sp³-hybridized carbons (Fsp3) is 0.304. The number of benzene rings is 1. The summed E-state index contributed by atoms with van der Waals surface area (Å²) in [6.07, 6.45) is 8.39. The molecule has 0 spiro atoms. The maximum Gasteiger partial charge on any atom is 0.0544 e. The zero-order valence-electron chi connectivity index (χ0n) is 15.4. The average molecular weight is 378 g/mol. The van der Waals surface area contributed by atoms with Crippen molar-refractivity contribution in [2.45, 2.75) is 38.3 Å². The van der Waals surface area contributed by atoms with Gasteiger partial charge in [-0.25, -0.2) is 0 Å². The highest BCUT2D eigenvalue weighted by Crippen LogP contribution is 2.31. The van der Waals surface area contributed by atoms with Gasteiger partial charge in [-0.2, -0.15) is 0 Å². The Labute approximate surface area is 166 Å². The van der Waals surface area contributed by atoms with Crippen molar-refractivity contribution < 1.29 is 0 Å². The van der Waals surface area contributed by atoms with Crippen LogP contribution in [-0.4, -0.2) is 21.4 Å². The SMILES string of the molecule is Clc1ccccc1Cc1ccc([C@H]2CCCCN2Cc2ccccn2)cn1. The quantitative estimate of drug-likeness (QED) is 0.592. The van der Waals surface area contributed by atoms with E-state index in [-0.39, 0.29) is 0 Å². The molecule has 2 aromatic heterocycles. The summed E-state index contributed by atoms with van der Waals surface area (Å²) in [5, 5.41) is 0.803. The first kappa shape index (κ1) is 18.1. The van der Waals surface area contributed by atoms with Gasteiger partial charge in [0.1, 0.15) is 0 Å². The van der Waals surface area contributed by atoms with Gasteiger partial charge in [0.15, 0.2) is 0 Å². The fourth-order valence-corrected chi connectivity index (χ4v) is 4.03. The molecule has 0 bridgehead atoms. The Morgan fingerprint density at radius 2 is 1.81 bits per heavy atom. The Morgan fingerprint density at radius 1 is 0.926 bits per heavy atom. The molecule has 1 fully saturated rings. The number of likely N-dealkylation sites (tertiary alicyclic amines) is 1. The largest absolute Gasteiger partial charge is 0.290 e. The summed E-state index contributed by atoms with van der Waals surface area (Å²) in [6, 6.07) is 18.9. The van der Waals surface area contributed by atoms with Gasteiger partial charge in [0.2, 0.25) is 0 Å². The van der Waals surface area contributed by atoms with Gasteiger partial charge in [-0.3, -0.25) is 14.9 Å². The maximum absolute atomic E-state index is 6.28. The molecule has 0 unspecified atom stereocenters. The summed E-state index contributed by atoms with van der Waals surface area (Å²) >= 11 is 6.28. The second kappa shape index (κ2) is 8.64. The minimum atomic E-state index is 0.419. The molecule has 1 aromatic carbocycles. The van der Waals surface area contributed by atoms with Crippen molar-refractivity contribution in [3.05, 3.63) is 94.5 Å². The lowest BCUT2D eigenvalue weighted by Gasteiger charge is -2.35. The van der Waals surface area contributed by atoms with Crippen LogP contribution in [0.15, 0.2) is 67.0 Å². The summed E-state index contributed by atoms with van der Waals surface area (Å²) in [4.78, 5) is 11.8. The van der Waals surface area contributed by atoms with Crippen molar-refractivity contribution in [2.75, 3.05) is 6.54 Å². The number of hydrogen-bond acceptors (Lipinski definition) is 3. The van der Waals surface area contributed by atoms with Crippen LogP contribution in [0.2, 0.25) is 5.02 Å². The van der Waals surface area contributed by atoms with Crippen LogP contribution in [0.4, 0.5) is 0 Å². The Kier molecular flexibility index (Phi) is 5.81. The van der Waals surface area contributed by atoms with Crippen LogP contribution >= 0.6 is 11.6 Å². The molecule has 0 radical (unpaired) electrons. The van der Waals surface area contributed by atoms with E-state index < -0.39 is 0 Å². The maximum atomic E-state index is 6.28. The Morgan fingerprint density at radius 3 is 2.59 bits per heavy atom. The van der Waals surface area contributed by atoms with Gasteiger partial charge < -0.3 is 0 Å². The summed E-state index contributed by atoms with van der Waals surface area (Å²) in [6.45, 7) is 2.01. The number of aromatic nitrogens is 2. The van der Waals surface area contributed by atoms with E-state index in [1.165, 1.54) is 24.8 Å². The van der Waals surface area contributed by atoms with Gasteiger partial charge in [0.05, 0.1) is 5.69 Å². The predicted molar refractivity (Wildman–Crippen MR) is 110 cm³/mol. The Balaban J connectivity index is 1.48. The molecule has 4 rings (SSSR count). The molecule has 1 aliphatic rings. The highest BCUT2D eigenvalue weighted by atomic mass is 35.5. The zero-order chi connectivity index (χ0) is 18.5. The van der Waals surface area contributed by atoms with E-state index in [0.717, 1.165) is 41.5 Å². The third-order valence-electron chi connectivity index (χ3n) is 5.27. The Bertz CT molecular complexity index is 864. The average Bonchev–Trinajstić information content (AvgIpc) is 2.72. The van der Waals surface area contributed by atoms with Crippen LogP contribution in [0.3, 0.4) is 0 Å². The van der Waals surface area contributed by atoms with Crippen molar-refractivity contribution >= 4 is 11.6 Å². The number of nitrogens with zero attached hydrogens (tertiary/aromatic N) is 3. The van der Waals surface area contributed by atoms with E-state index in [0.29, 0.717) is 6.04 Å². The molecule has 138 valence electrons. The normalized spacial score (nSPS) is 17.7. The first-order valence-electron chi connectivity index (χ1n) is 9.62. The van der Waals surface area contributed by atoms with Crippen molar-refractivity contribution in [2.24, 2.45) is 0 Å². The monoisotopic (exact) mass is 377 g/mol. The zero-order valence-corrected chi connectivity index (χ0v) is 16.1. The summed E-state index contributed by atoms with van der Waals surface area (Å²) in [5.74, 6) is 0. The van der Waals surface area contributed by atoms with Gasteiger partial charge >= 0.3 is 0 Å². The van der Waals surface area contributed by atoms with Gasteiger partial charge in [-0.1, -0.05) is 48.4 Å². The van der Waals surface area contributed by atoms with Crippen LogP contribution in [0.25, 0.3) is 0 Å². The molecule has 1 atom stereocenters. The van der Waals surface area contributed by atoms with Crippen molar-refractivity contribution in [3.63, 3.8) is 0 Å². The number of pyridine rings is 2. The molecule has 1 aliphatic heterocycles. The van der Waals surface area contributed by atoms with E-state index in [2.05, 4.69) is 40.2 Å². The first-order valence-corrected chi connectivity index (χ1v) is 9.99. The molecule has 0 saturated carbocycles. The van der Waals surface area contributed by atoms with Crippen LogP contribution in [0.1, 0.15) is 47.8 Å². The lowest BCUT2D eigenvalue weighted by Crippen LogP contribution is -2.33. The highest BCUT2D eigenvalue weighted by molar-refractivity contribution is 6.31. The van der Waals surface area contributed by atoms with Crippen LogP contribution in [0, 0.1) is 0 Å². The van der Waals surface area contributed by atoms with Crippen molar-refractivity contribution in [1.82, 2.24) is 14.9 Å². The van der Waals surface area contributed by atoms with Crippen LogP contribution in [-0.2, 0) is 13.0 Å². The molecule has 27 heavy (non-hydrogen) atoms. The topological polar surface area (TPSA) is 29.0 Å². The molecule has 3 aromatic rings. The summed E-state index contributed by atoms with van der Waals surface area (Å²) in [7, 11) is 0. The van der Waals surface area contributed by atoms with Crippen molar-refractivity contribution in [3.8, 4) is 0 Å². The fourth-order valence-electron chi connectivity index (χ4n) is 3.83. The van der Waals surface area contributed by atoms with E-state index in [4.69, 9.17) is 16.6 Å². The summed E-state index contributed by atoms with van der Waals surface area (Å²) < 4.78 is 0. The molecule has 1 saturated heterocycles. The number of piperidine rings is 1. The smallest absolute Gasteiger partial charge is 0.0544 e.